The fraction of sp³-hybridized carbons (Fsp3) is 0.0250. The second-order valence-corrected chi connectivity index (χ2v) is 10.2. The molecule has 42 heavy (non-hydrogen) atoms. The molecule has 0 N–H and O–H groups in total. The summed E-state index contributed by atoms with van der Waals surface area (Å²) in [4.78, 5) is 4.51. The van der Waals surface area contributed by atoms with Gasteiger partial charge in [0, 0.05) is 9.80 Å². The Bertz CT molecular complexity index is 2570. The zero-order valence-electron chi connectivity index (χ0n) is 30.4. The molecule has 0 bridgehead atoms. The Morgan fingerprint density at radius 1 is 0.571 bits per heavy atom. The maximum atomic E-state index is 8.77. The molecule has 0 unspecified atom stereocenters. The normalized spacial score (nSPS) is 14.5. The van der Waals surface area contributed by atoms with E-state index >= 15 is 0 Å². The number of benzene rings is 7. The van der Waals surface area contributed by atoms with E-state index in [4.69, 9.17) is 11.0 Å². The van der Waals surface area contributed by atoms with E-state index in [1.807, 2.05) is 109 Å². The maximum absolute atomic E-state index is 8.77. The molecule has 2 heteroatoms. The van der Waals surface area contributed by atoms with Crippen LogP contribution in [0.25, 0.3) is 71.6 Å². The van der Waals surface area contributed by atoms with Crippen LogP contribution in [0.3, 0.4) is 0 Å². The summed E-state index contributed by atoms with van der Waals surface area (Å²) >= 11 is 0. The molecule has 1 aromatic heterocycles. The molecule has 8 rings (SSSR count). The van der Waals surface area contributed by atoms with Gasteiger partial charge in [-0.05, 0) is 86.0 Å². The molecule has 0 spiro atoms. The molecule has 0 saturated heterocycles. The highest BCUT2D eigenvalue weighted by atomic mass is 15.1. The summed E-state index contributed by atoms with van der Waals surface area (Å²) in [5.41, 5.74) is 6.12. The van der Waals surface area contributed by atoms with E-state index in [9.17, 15) is 0 Å². The molecule has 8 aromatic rings. The molecule has 0 atom stereocenters. The van der Waals surface area contributed by atoms with Gasteiger partial charge in [-0.25, -0.2) is 4.98 Å². The first-order valence-electron chi connectivity index (χ1n) is 17.7. The number of hydrogen-bond donors (Lipinski definition) is 0. The van der Waals surface area contributed by atoms with Gasteiger partial charge in [-0.3, -0.25) is 4.57 Å². The highest BCUT2D eigenvalue weighted by Gasteiger charge is 2.19. The monoisotopic (exact) mass is 544 g/mol. The van der Waals surface area contributed by atoms with Gasteiger partial charge in [0.1, 0.15) is 5.82 Å². The van der Waals surface area contributed by atoms with Gasteiger partial charge >= 0.3 is 0 Å². The van der Waals surface area contributed by atoms with E-state index in [-0.39, 0.29) is 35.6 Å². The van der Waals surface area contributed by atoms with E-state index in [2.05, 4.69) is 17.1 Å². The van der Waals surface area contributed by atoms with Crippen LogP contribution >= 0.6 is 0 Å². The summed E-state index contributed by atoms with van der Waals surface area (Å²) in [6.07, 6.45) is 0. The first-order chi connectivity index (χ1) is 24.1. The molecular weight excluding hydrogens is 508 g/mol. The molecule has 7 aromatic carbocycles. The maximum Gasteiger partial charge on any atom is 0.111 e. The minimum absolute atomic E-state index is 0.00910. The Labute approximate surface area is 256 Å². The van der Waals surface area contributed by atoms with Gasteiger partial charge in [0.25, 0.3) is 0 Å². The van der Waals surface area contributed by atoms with Crippen molar-refractivity contribution in [3.63, 3.8) is 0 Å². The first kappa shape index (κ1) is 17.4. The van der Waals surface area contributed by atoms with Crippen molar-refractivity contribution in [2.45, 2.75) is 6.85 Å². The second kappa shape index (κ2) is 9.87. The molecule has 1 heterocycles. The lowest BCUT2D eigenvalue weighted by Crippen LogP contribution is -1.98. The largest absolute Gasteiger partial charge is 0.297 e. The minimum atomic E-state index is -2.44. The third-order valence-corrected chi connectivity index (χ3v) is 7.85. The summed E-state index contributed by atoms with van der Waals surface area (Å²) in [5, 5.41) is 3.73. The predicted octanol–water partition coefficient (Wildman–Crippen LogP) is 10.6. The topological polar surface area (TPSA) is 17.8 Å². The number of rotatable bonds is 4. The lowest BCUT2D eigenvalue weighted by Gasteiger charge is -2.20. The first-order valence-corrected chi connectivity index (χ1v) is 13.7. The van der Waals surface area contributed by atoms with E-state index in [0.29, 0.717) is 22.3 Å². The molecule has 0 aliphatic heterocycles. The van der Waals surface area contributed by atoms with Crippen LogP contribution in [0.15, 0.2) is 152 Å². The number of aryl methyl sites for hydroxylation is 1. The van der Waals surface area contributed by atoms with E-state index in [0.717, 1.165) is 43.8 Å². The Hall–Kier alpha value is -5.47. The van der Waals surface area contributed by atoms with Gasteiger partial charge < -0.3 is 0 Å². The van der Waals surface area contributed by atoms with Crippen molar-refractivity contribution < 1.29 is 11.0 Å². The Morgan fingerprint density at radius 2 is 1.19 bits per heavy atom. The second-order valence-electron chi connectivity index (χ2n) is 10.2. The summed E-state index contributed by atoms with van der Waals surface area (Å²) in [6.45, 7) is -2.44. The minimum Gasteiger partial charge on any atom is -0.297 e. The van der Waals surface area contributed by atoms with Crippen molar-refractivity contribution in [3.05, 3.63) is 157 Å². The van der Waals surface area contributed by atoms with Gasteiger partial charge in [0.15, 0.2) is 0 Å². The third kappa shape index (κ3) is 3.84. The van der Waals surface area contributed by atoms with Crippen LogP contribution in [0.4, 0.5) is 0 Å². The average Bonchev–Trinajstić information content (AvgIpc) is 3.53. The lowest BCUT2D eigenvalue weighted by molar-refractivity contribution is 1.00. The number of imidazole rings is 1. The molecule has 0 saturated carbocycles. The number of fused-ring (bicyclic) bond motifs is 3. The number of para-hydroxylation sites is 2. The standard InChI is InChI=1S/C40H28N2/c1-27-41-37-24-11-12-25-38(37)42(27)30-17-13-16-29(26-30)39-33-20-7-9-22-35(33)40(36-23-10-8-21-34(36)39)32-19-6-5-18-31(32)28-14-3-2-4-15-28/h2-26H,1H3/i1D3,2D,3D,4D,14D,15D. The van der Waals surface area contributed by atoms with E-state index < -0.39 is 12.9 Å². The van der Waals surface area contributed by atoms with Crippen LogP contribution in [0.1, 0.15) is 16.8 Å². The van der Waals surface area contributed by atoms with Crippen molar-refractivity contribution in [1.29, 1.82) is 0 Å². The Balaban J connectivity index is 1.43. The molecule has 0 fully saturated rings. The average molecular weight is 545 g/mol. The van der Waals surface area contributed by atoms with Gasteiger partial charge in [-0.15, -0.1) is 0 Å². The predicted molar refractivity (Wildman–Crippen MR) is 177 cm³/mol. The van der Waals surface area contributed by atoms with Crippen LogP contribution in [0.5, 0.6) is 0 Å². The van der Waals surface area contributed by atoms with Crippen LogP contribution < -0.4 is 0 Å². The van der Waals surface area contributed by atoms with E-state index in [1.165, 1.54) is 0 Å². The van der Waals surface area contributed by atoms with Crippen molar-refractivity contribution in [2.24, 2.45) is 0 Å². The molecule has 0 radical (unpaired) electrons. The number of aromatic nitrogens is 2. The van der Waals surface area contributed by atoms with Gasteiger partial charge in [0.05, 0.1) is 17.9 Å². The molecular formula is C40H28N2. The van der Waals surface area contributed by atoms with Gasteiger partial charge in [0.2, 0.25) is 0 Å². The number of hydrogen-bond acceptors (Lipinski definition) is 1. The van der Waals surface area contributed by atoms with Crippen LogP contribution in [-0.4, -0.2) is 9.55 Å². The zero-order chi connectivity index (χ0) is 34.9. The molecule has 0 aliphatic rings. The third-order valence-electron chi connectivity index (χ3n) is 7.85. The summed E-state index contributed by atoms with van der Waals surface area (Å²) in [7, 11) is 0. The van der Waals surface area contributed by atoms with Crippen molar-refractivity contribution in [3.8, 4) is 39.1 Å². The van der Waals surface area contributed by atoms with Crippen LogP contribution in [-0.2, 0) is 0 Å². The summed E-state index contributed by atoms with van der Waals surface area (Å²) in [5.74, 6) is -0.00910. The lowest BCUT2D eigenvalue weighted by atomic mass is 9.84. The SMILES string of the molecule is [2H]c1c([2H])c([2H])c(-c2ccccc2-c2c3ccccc3c(-c3cccc(-n4c(C([2H])([2H])[2H])nc5ccccc54)c3)c3ccccc23)c([2H])c1[2H]. The summed E-state index contributed by atoms with van der Waals surface area (Å²) < 4.78 is 68.9. The van der Waals surface area contributed by atoms with Crippen molar-refractivity contribution in [1.82, 2.24) is 9.55 Å². The zero-order valence-corrected chi connectivity index (χ0v) is 22.4. The highest BCUT2D eigenvalue weighted by Crippen LogP contribution is 2.46. The van der Waals surface area contributed by atoms with Gasteiger partial charge in [-0.2, -0.15) is 0 Å². The van der Waals surface area contributed by atoms with Crippen LogP contribution in [0.2, 0.25) is 0 Å². The molecule has 0 amide bonds. The fourth-order valence-corrected chi connectivity index (χ4v) is 6.12. The molecule has 2 nitrogen and oxygen atoms in total. The fourth-order valence-electron chi connectivity index (χ4n) is 6.12. The van der Waals surface area contributed by atoms with Crippen molar-refractivity contribution in [2.75, 3.05) is 0 Å². The molecule has 0 aliphatic carbocycles. The Kier molecular flexibility index (Phi) is 4.08. The van der Waals surface area contributed by atoms with Crippen LogP contribution in [0, 0.1) is 6.85 Å². The van der Waals surface area contributed by atoms with E-state index in [1.54, 1.807) is 4.57 Å². The quantitative estimate of drug-likeness (QED) is 0.202. The number of nitrogens with zero attached hydrogens (tertiary/aromatic N) is 2. The van der Waals surface area contributed by atoms with Gasteiger partial charge in [-0.1, -0.05) is 127 Å². The highest BCUT2D eigenvalue weighted by molar-refractivity contribution is 6.22. The molecule has 198 valence electrons. The smallest absolute Gasteiger partial charge is 0.111 e. The Morgan fingerprint density at radius 3 is 1.90 bits per heavy atom. The summed E-state index contributed by atoms with van der Waals surface area (Å²) in [6, 6.07) is 37.1. The van der Waals surface area contributed by atoms with Crippen molar-refractivity contribution >= 4 is 32.6 Å².